The van der Waals surface area contributed by atoms with Crippen LogP contribution in [0.15, 0.2) is 12.1 Å². The first-order valence-electron chi connectivity index (χ1n) is 9.07. The number of rotatable bonds is 4. The maximum absolute atomic E-state index is 15.0. The predicted molar refractivity (Wildman–Crippen MR) is 92.5 cm³/mol. The van der Waals surface area contributed by atoms with Crippen LogP contribution in [0.4, 0.5) is 23.2 Å². The molecule has 0 spiro atoms. The Bertz CT molecular complexity index is 743. The van der Waals surface area contributed by atoms with Crippen LogP contribution in [0.2, 0.25) is 0 Å². The third kappa shape index (κ3) is 3.28. The Morgan fingerprint density at radius 3 is 2.67 bits per heavy atom. The number of carbonyl (C=O) groups excluding carboxylic acids is 1. The van der Waals surface area contributed by atoms with Crippen molar-refractivity contribution in [1.82, 2.24) is 0 Å². The van der Waals surface area contributed by atoms with Crippen LogP contribution in [0.3, 0.4) is 0 Å². The summed E-state index contributed by atoms with van der Waals surface area (Å²) in [6.45, 7) is 1.83. The molecule has 27 heavy (non-hydrogen) atoms. The van der Waals surface area contributed by atoms with Crippen LogP contribution in [0.5, 0.6) is 0 Å². The SMILES string of the molecule is CO[C@]1([C@@H]2CCCC(F)(F)C2)c2c(ccc(F)c2F)N(CC(N)=O)CC1C. The minimum absolute atomic E-state index is 0.0901. The van der Waals surface area contributed by atoms with Gasteiger partial charge < -0.3 is 15.4 Å². The molecule has 1 aliphatic carbocycles. The fourth-order valence-electron chi connectivity index (χ4n) is 4.94. The highest BCUT2D eigenvalue weighted by atomic mass is 19.3. The van der Waals surface area contributed by atoms with Gasteiger partial charge in [-0.2, -0.15) is 0 Å². The highest BCUT2D eigenvalue weighted by Gasteiger charge is 2.55. The first-order valence-corrected chi connectivity index (χ1v) is 9.07. The number of hydrogen-bond acceptors (Lipinski definition) is 3. The molecule has 150 valence electrons. The van der Waals surface area contributed by atoms with Gasteiger partial charge in [-0.05, 0) is 30.9 Å². The number of carbonyl (C=O) groups is 1. The summed E-state index contributed by atoms with van der Waals surface area (Å²) < 4.78 is 63.2. The summed E-state index contributed by atoms with van der Waals surface area (Å²) >= 11 is 0. The Morgan fingerprint density at radius 2 is 2.07 bits per heavy atom. The third-order valence-corrected chi connectivity index (χ3v) is 5.96. The number of hydrogen-bond donors (Lipinski definition) is 1. The molecule has 1 heterocycles. The molecule has 2 aliphatic rings. The van der Waals surface area contributed by atoms with Crippen LogP contribution in [-0.2, 0) is 15.1 Å². The summed E-state index contributed by atoms with van der Waals surface area (Å²) in [5.41, 5.74) is 4.07. The first-order chi connectivity index (χ1) is 12.6. The molecule has 1 unspecified atom stereocenters. The quantitative estimate of drug-likeness (QED) is 0.803. The number of ether oxygens (including phenoxy) is 1. The van der Waals surface area contributed by atoms with Gasteiger partial charge in [-0.1, -0.05) is 6.92 Å². The lowest BCUT2D eigenvalue weighted by atomic mass is 9.64. The van der Waals surface area contributed by atoms with Crippen molar-refractivity contribution in [3.8, 4) is 0 Å². The van der Waals surface area contributed by atoms with Gasteiger partial charge in [-0.15, -0.1) is 0 Å². The fraction of sp³-hybridized carbons (Fsp3) is 0.632. The molecule has 1 aromatic rings. The molecule has 1 aromatic carbocycles. The zero-order valence-electron chi connectivity index (χ0n) is 15.4. The number of nitrogens with two attached hydrogens (primary N) is 1. The van der Waals surface area contributed by atoms with Crippen molar-refractivity contribution in [2.45, 2.75) is 44.1 Å². The average Bonchev–Trinajstić information content (AvgIpc) is 2.57. The number of amides is 1. The van der Waals surface area contributed by atoms with E-state index in [2.05, 4.69) is 0 Å². The Labute approximate surface area is 155 Å². The molecule has 3 rings (SSSR count). The van der Waals surface area contributed by atoms with Crippen LogP contribution >= 0.6 is 0 Å². The number of alkyl halides is 2. The van der Waals surface area contributed by atoms with Crippen molar-refractivity contribution in [2.75, 3.05) is 25.1 Å². The van der Waals surface area contributed by atoms with Crippen molar-refractivity contribution < 1.29 is 27.1 Å². The molecule has 1 aliphatic heterocycles. The highest BCUT2D eigenvalue weighted by Crippen LogP contribution is 2.55. The van der Waals surface area contributed by atoms with Gasteiger partial charge in [0.1, 0.15) is 5.60 Å². The van der Waals surface area contributed by atoms with E-state index in [9.17, 15) is 18.0 Å². The van der Waals surface area contributed by atoms with Crippen molar-refractivity contribution >= 4 is 11.6 Å². The predicted octanol–water partition coefficient (Wildman–Crippen LogP) is 3.57. The van der Waals surface area contributed by atoms with Crippen molar-refractivity contribution in [3.63, 3.8) is 0 Å². The van der Waals surface area contributed by atoms with Crippen molar-refractivity contribution in [1.29, 1.82) is 0 Å². The lowest BCUT2D eigenvalue weighted by molar-refractivity contribution is -0.156. The van der Waals surface area contributed by atoms with Crippen LogP contribution in [-0.4, -0.2) is 32.0 Å². The van der Waals surface area contributed by atoms with Crippen molar-refractivity contribution in [3.05, 3.63) is 29.3 Å². The van der Waals surface area contributed by atoms with Gasteiger partial charge in [0.15, 0.2) is 11.6 Å². The minimum Gasteiger partial charge on any atom is -0.373 e. The number of halogens is 4. The summed E-state index contributed by atoms with van der Waals surface area (Å²) in [4.78, 5) is 13.0. The van der Waals surface area contributed by atoms with Gasteiger partial charge in [0.2, 0.25) is 11.8 Å². The lowest BCUT2D eigenvalue weighted by Gasteiger charge is -2.52. The second kappa shape index (κ2) is 6.96. The van der Waals surface area contributed by atoms with E-state index in [1.165, 1.54) is 13.2 Å². The standard InChI is InChI=1S/C19H24F4N2O2/c1-11-9-25(10-15(24)26)14-6-5-13(20)17(21)16(14)19(11,27-2)12-4-3-7-18(22,23)8-12/h5-6,11-12H,3-4,7-10H2,1-2H3,(H2,24,26)/t11?,12-,19-/m1/s1. The molecule has 1 saturated carbocycles. The number of primary amides is 1. The molecule has 1 amide bonds. The highest BCUT2D eigenvalue weighted by molar-refractivity contribution is 5.80. The molecule has 0 bridgehead atoms. The Morgan fingerprint density at radius 1 is 1.37 bits per heavy atom. The number of methoxy groups -OCH3 is 1. The van der Waals surface area contributed by atoms with E-state index in [4.69, 9.17) is 10.5 Å². The molecular formula is C19H24F4N2O2. The molecular weight excluding hydrogens is 364 g/mol. The Balaban J connectivity index is 2.19. The van der Waals surface area contributed by atoms with Gasteiger partial charge in [-0.3, -0.25) is 4.79 Å². The zero-order valence-corrected chi connectivity index (χ0v) is 15.4. The van der Waals surface area contributed by atoms with Gasteiger partial charge in [0, 0.05) is 43.7 Å². The maximum atomic E-state index is 15.0. The van der Waals surface area contributed by atoms with E-state index in [0.29, 0.717) is 6.42 Å². The van der Waals surface area contributed by atoms with Crippen molar-refractivity contribution in [2.24, 2.45) is 17.6 Å². The minimum atomic E-state index is -2.87. The summed E-state index contributed by atoms with van der Waals surface area (Å²) in [7, 11) is 1.35. The summed E-state index contributed by atoms with van der Waals surface area (Å²) in [6.07, 6.45) is 0.0477. The van der Waals surface area contributed by atoms with E-state index in [1.54, 1.807) is 11.8 Å². The second-order valence-electron chi connectivity index (χ2n) is 7.65. The monoisotopic (exact) mass is 388 g/mol. The Kier molecular flexibility index (Phi) is 5.14. The molecule has 0 saturated heterocycles. The smallest absolute Gasteiger partial charge is 0.248 e. The van der Waals surface area contributed by atoms with Crippen LogP contribution < -0.4 is 10.6 Å². The molecule has 8 heteroatoms. The molecule has 0 aromatic heterocycles. The summed E-state index contributed by atoms with van der Waals surface area (Å²) in [5, 5.41) is 0. The van der Waals surface area contributed by atoms with Gasteiger partial charge >= 0.3 is 0 Å². The number of anilines is 1. The van der Waals surface area contributed by atoms with Crippen LogP contribution in [0.1, 0.15) is 38.2 Å². The third-order valence-electron chi connectivity index (χ3n) is 5.96. The van der Waals surface area contributed by atoms with Crippen LogP contribution in [0.25, 0.3) is 0 Å². The Hall–Kier alpha value is -1.83. The van der Waals surface area contributed by atoms with E-state index < -0.39 is 47.3 Å². The zero-order chi connectivity index (χ0) is 20.0. The largest absolute Gasteiger partial charge is 0.373 e. The normalized spacial score (nSPS) is 30.1. The van der Waals surface area contributed by atoms with E-state index in [0.717, 1.165) is 6.07 Å². The lowest BCUT2D eigenvalue weighted by Crippen LogP contribution is -2.55. The van der Waals surface area contributed by atoms with Gasteiger partial charge in [-0.25, -0.2) is 17.6 Å². The van der Waals surface area contributed by atoms with E-state index >= 15 is 4.39 Å². The molecule has 4 nitrogen and oxygen atoms in total. The molecule has 1 fully saturated rings. The number of fused-ring (bicyclic) bond motifs is 1. The molecule has 3 atom stereocenters. The maximum Gasteiger partial charge on any atom is 0.248 e. The van der Waals surface area contributed by atoms with E-state index in [-0.39, 0.29) is 37.2 Å². The van der Waals surface area contributed by atoms with Crippen LogP contribution in [0, 0.1) is 23.5 Å². The number of benzene rings is 1. The van der Waals surface area contributed by atoms with Gasteiger partial charge in [0.25, 0.3) is 0 Å². The second-order valence-corrected chi connectivity index (χ2v) is 7.65. The van der Waals surface area contributed by atoms with E-state index in [1.807, 2.05) is 0 Å². The topological polar surface area (TPSA) is 55.6 Å². The fourth-order valence-corrected chi connectivity index (χ4v) is 4.94. The summed E-state index contributed by atoms with van der Waals surface area (Å²) in [6, 6.07) is 2.32. The average molecular weight is 388 g/mol. The molecule has 2 N–H and O–H groups in total. The molecule has 0 radical (unpaired) electrons. The summed E-state index contributed by atoms with van der Waals surface area (Å²) in [5.74, 6) is -6.82. The van der Waals surface area contributed by atoms with Gasteiger partial charge in [0.05, 0.1) is 6.54 Å². The number of nitrogens with zero attached hydrogens (tertiary/aromatic N) is 1. The first kappa shape index (κ1) is 19.9.